The molecule has 0 nitrogen and oxygen atoms in total. The van der Waals surface area contributed by atoms with Crippen LogP contribution >= 0.6 is 0 Å². The van der Waals surface area contributed by atoms with Crippen molar-refractivity contribution in [3.63, 3.8) is 0 Å². The molecule has 0 aromatic carbocycles. The molecule has 0 amide bonds. The maximum atomic E-state index is 0. The van der Waals surface area contributed by atoms with Crippen LogP contribution in [0, 0.1) is 83.5 Å². The normalized spacial score (nSPS) is 0. The van der Waals surface area contributed by atoms with E-state index >= 15 is 0 Å². The molecule has 0 aliphatic heterocycles. The molecule has 2 radical (unpaired) electrons. The Morgan fingerprint density at radius 3 is 0.750 bits per heavy atom. The molecule has 0 spiro atoms. The molecular weight excluding hydrogens is 426 g/mol. The van der Waals surface area contributed by atoms with Gasteiger partial charge < -0.3 is 28.7 Å². The molecule has 0 aromatic heterocycles. The van der Waals surface area contributed by atoms with Crippen LogP contribution in [0.2, 0.25) is 0 Å². The summed E-state index contributed by atoms with van der Waals surface area (Å²) in [4.78, 5) is 0. The van der Waals surface area contributed by atoms with E-state index in [2.05, 4.69) is 0 Å². The van der Waals surface area contributed by atoms with Gasteiger partial charge in [-0.1, -0.05) is 0 Å². The zero-order valence-electron chi connectivity index (χ0n) is 1.76. The number of hydrogen-bond donors (Lipinski definition) is 0. The third kappa shape index (κ3) is 9.05. The fraction of sp³-hybridized carbons (Fsp3) is 0. The van der Waals surface area contributed by atoms with E-state index in [1.54, 1.807) is 0 Å². The fourth-order valence-corrected chi connectivity index (χ4v) is 0. The minimum Gasteiger partial charge on any atom is -1.00 e. The van der Waals surface area contributed by atoms with Crippen LogP contribution in [0.5, 0.6) is 0 Å². The molecule has 18 valence electrons. The molecule has 0 aromatic rings. The third-order valence-electron chi connectivity index (χ3n) is 0. The summed E-state index contributed by atoms with van der Waals surface area (Å²) in [5, 5.41) is 0. The van der Waals surface area contributed by atoms with Crippen molar-refractivity contribution in [2.75, 3.05) is 0 Å². The van der Waals surface area contributed by atoms with Gasteiger partial charge in [0.05, 0.1) is 0 Å². The van der Waals surface area contributed by atoms with Crippen molar-refractivity contribution >= 4 is 0 Å². The zero-order valence-corrected chi connectivity index (χ0v) is 10.2. The molecule has 0 unspecified atom stereocenters. The predicted molar refractivity (Wildman–Crippen MR) is 0 cm³/mol. The topological polar surface area (TPSA) is 0 Å². The average molecular weight is 426 g/mol. The van der Waals surface area contributed by atoms with E-state index in [1.807, 2.05) is 0 Å². The second-order valence-corrected chi connectivity index (χ2v) is 0. The maximum Gasteiger partial charge on any atom is 3.00 e. The summed E-state index contributed by atoms with van der Waals surface area (Å²) < 4.78 is 0. The van der Waals surface area contributed by atoms with Crippen molar-refractivity contribution in [1.82, 2.24) is 0 Å². The van der Waals surface area contributed by atoms with E-state index in [-0.39, 0.29) is 112 Å². The van der Waals surface area contributed by atoms with E-state index < -0.39 is 0 Å². The molecule has 0 fully saturated rings. The summed E-state index contributed by atoms with van der Waals surface area (Å²) in [6, 6.07) is 0. The molecule has 0 aliphatic rings. The van der Waals surface area contributed by atoms with Crippen LogP contribution in [0.15, 0.2) is 0 Å². The Labute approximate surface area is 109 Å². The Morgan fingerprint density at radius 1 is 0.750 bits per heavy atom. The maximum absolute atomic E-state index is 0. The van der Waals surface area contributed by atoms with Crippen LogP contribution in [0.25, 0.3) is 0 Å². The van der Waals surface area contributed by atoms with Gasteiger partial charge in [0.15, 0.2) is 0 Å². The first-order valence-electron chi connectivity index (χ1n) is 0. The molecule has 0 saturated carbocycles. The first kappa shape index (κ1) is 26.2. The minimum atomic E-state index is 0. The van der Waals surface area contributed by atoms with Crippen molar-refractivity contribution in [1.29, 1.82) is 0 Å². The Bertz CT molecular complexity index is 6.00. The van der Waals surface area contributed by atoms with Gasteiger partial charge >= 0.3 is 83.5 Å². The summed E-state index contributed by atoms with van der Waals surface area (Å²) in [5.74, 6) is 0. The van der Waals surface area contributed by atoms with Gasteiger partial charge in [0, 0.05) is 0 Å². The number of halogens is 2. The van der Waals surface area contributed by atoms with Crippen LogP contribution in [-0.2, 0) is 0 Å². The van der Waals surface area contributed by atoms with E-state index in [0.29, 0.717) is 0 Å². The smallest absolute Gasteiger partial charge is 1.00 e. The number of hydrogen-bond acceptors (Lipinski definition) is 0. The largest absolute Gasteiger partial charge is 3.00 e. The zero-order chi connectivity index (χ0) is 0. The SMILES string of the molecule is [Ce+3].[Ce+3].[F-].[I-]. The second kappa shape index (κ2) is 16.1. The van der Waals surface area contributed by atoms with E-state index in [4.69, 9.17) is 0 Å². The summed E-state index contributed by atoms with van der Waals surface area (Å²) in [7, 11) is 0. The molecule has 0 heterocycles. The van der Waals surface area contributed by atoms with Crippen molar-refractivity contribution in [3.05, 3.63) is 0 Å². The molecule has 4 heteroatoms. The second-order valence-electron chi connectivity index (χ2n) is 0. The van der Waals surface area contributed by atoms with Gasteiger partial charge in [0.2, 0.25) is 0 Å². The Balaban J connectivity index is 0. The van der Waals surface area contributed by atoms with Crippen molar-refractivity contribution in [2.45, 2.75) is 0 Å². The van der Waals surface area contributed by atoms with Crippen molar-refractivity contribution in [2.24, 2.45) is 0 Å². The monoisotopic (exact) mass is 426 g/mol. The molecule has 0 rings (SSSR count). The summed E-state index contributed by atoms with van der Waals surface area (Å²) in [6.45, 7) is 0. The van der Waals surface area contributed by atoms with Crippen molar-refractivity contribution in [3.8, 4) is 0 Å². The first-order chi connectivity index (χ1) is 0. The Morgan fingerprint density at radius 2 is 0.750 bits per heavy atom. The first-order valence-corrected chi connectivity index (χ1v) is 0. The summed E-state index contributed by atoms with van der Waals surface area (Å²) in [5.41, 5.74) is 0. The number of rotatable bonds is 0. The summed E-state index contributed by atoms with van der Waals surface area (Å²) in [6.07, 6.45) is 0. The molecule has 0 saturated heterocycles. The van der Waals surface area contributed by atoms with Gasteiger partial charge in [0.1, 0.15) is 0 Å². The van der Waals surface area contributed by atoms with Crippen LogP contribution in [0.1, 0.15) is 0 Å². The van der Waals surface area contributed by atoms with E-state index in [9.17, 15) is 0 Å². The van der Waals surface area contributed by atoms with Crippen molar-refractivity contribution < 1.29 is 112 Å². The van der Waals surface area contributed by atoms with Gasteiger partial charge in [0.25, 0.3) is 0 Å². The van der Waals surface area contributed by atoms with E-state index in [0.717, 1.165) is 0 Å². The molecule has 0 aliphatic carbocycles. The van der Waals surface area contributed by atoms with Crippen LogP contribution in [-0.4, -0.2) is 0 Å². The molecule has 0 N–H and O–H groups in total. The van der Waals surface area contributed by atoms with E-state index in [1.165, 1.54) is 0 Å². The Hall–Kier alpha value is 3.41. The Kier molecular flexibility index (Phi) is 106. The molecule has 4 heavy (non-hydrogen) atoms. The standard InChI is InChI=1S/2Ce.FH.HI/h;;2*1H/q2*+3;;/p-2. The molecule has 0 atom stereocenters. The van der Waals surface area contributed by atoms with Gasteiger partial charge in [-0.15, -0.1) is 0 Å². The molecular formula is Ce2FI+4. The van der Waals surface area contributed by atoms with Gasteiger partial charge in [-0.3, -0.25) is 0 Å². The van der Waals surface area contributed by atoms with Crippen LogP contribution in [0.3, 0.4) is 0 Å². The third-order valence-corrected chi connectivity index (χ3v) is 0. The average Bonchev–Trinajstić information content (AvgIpc) is 0. The quantitative estimate of drug-likeness (QED) is 0.339. The van der Waals surface area contributed by atoms with Gasteiger partial charge in [-0.2, -0.15) is 0 Å². The predicted octanol–water partition coefficient (Wildman–Crippen LogP) is -5.99. The minimum absolute atomic E-state index is 0. The fourth-order valence-electron chi connectivity index (χ4n) is 0. The van der Waals surface area contributed by atoms with Gasteiger partial charge in [-0.25, -0.2) is 0 Å². The van der Waals surface area contributed by atoms with Gasteiger partial charge in [-0.05, 0) is 0 Å². The molecule has 0 bridgehead atoms. The van der Waals surface area contributed by atoms with Crippen LogP contribution < -0.4 is 28.7 Å². The van der Waals surface area contributed by atoms with Crippen LogP contribution in [0.4, 0.5) is 0 Å². The summed E-state index contributed by atoms with van der Waals surface area (Å²) >= 11 is 0.